The number of carbonyl (C=O) groups excluding carboxylic acids is 2. The van der Waals surface area contributed by atoms with Gasteiger partial charge in [-0.25, -0.2) is 9.78 Å². The molecule has 0 radical (unpaired) electrons. The van der Waals surface area contributed by atoms with E-state index in [1.807, 2.05) is 33.2 Å². The smallest absolute Gasteiger partial charge is 0.324 e. The molecule has 3 rings (SSSR count). The van der Waals surface area contributed by atoms with Crippen LogP contribution in [-0.2, 0) is 20.7 Å². The van der Waals surface area contributed by atoms with E-state index >= 15 is 0 Å². The van der Waals surface area contributed by atoms with Crippen LogP contribution in [-0.4, -0.2) is 98.3 Å². The average molecular weight is 514 g/mol. The molecule has 37 heavy (non-hydrogen) atoms. The lowest BCUT2D eigenvalue weighted by atomic mass is 10.2. The van der Waals surface area contributed by atoms with Crippen molar-refractivity contribution in [1.29, 1.82) is 0 Å². The lowest BCUT2D eigenvalue weighted by Crippen LogP contribution is -2.41. The van der Waals surface area contributed by atoms with Gasteiger partial charge in [-0.3, -0.25) is 20.0 Å². The number of morpholine rings is 1. The van der Waals surface area contributed by atoms with Crippen LogP contribution in [0.5, 0.6) is 0 Å². The Labute approximate surface area is 219 Å². The van der Waals surface area contributed by atoms with Crippen LogP contribution in [0.25, 0.3) is 0 Å². The normalized spacial score (nSPS) is 16.3. The number of hydrogen-bond acceptors (Lipinski definition) is 8. The number of rotatable bonds is 12. The highest BCUT2D eigenvalue weighted by molar-refractivity contribution is 5.96. The van der Waals surface area contributed by atoms with Crippen molar-refractivity contribution in [3.63, 3.8) is 0 Å². The second-order valence-electron chi connectivity index (χ2n) is 9.06. The molecule has 3 amide bonds. The number of carbonyl (C=O) groups is 2. The predicted octanol–water partition coefficient (Wildman–Crippen LogP) is 1.68. The lowest BCUT2D eigenvalue weighted by Gasteiger charge is -2.26. The standard InChI is InChI=1S/C26H39N7O4/c1-4-21-18-29-24(19-28-21)31-26(35)30-22-8-5-7-20(17-23(22)37-14-6-10-32(2)3)25(34)27-9-11-33-12-15-36-16-13-33/h7-8,17-19H,4-6,9-16H2,1-3H3,(H,27,34)(H2,29,30,31,35). The van der Waals surface area contributed by atoms with Crippen LogP contribution in [0.3, 0.4) is 0 Å². The van der Waals surface area contributed by atoms with Crippen molar-refractivity contribution in [3.8, 4) is 0 Å². The van der Waals surface area contributed by atoms with Crippen LogP contribution in [0.15, 0.2) is 47.7 Å². The van der Waals surface area contributed by atoms with Crippen LogP contribution in [0, 0.1) is 0 Å². The van der Waals surface area contributed by atoms with E-state index in [0.717, 1.165) is 57.9 Å². The number of ether oxygens (including phenoxy) is 2. The summed E-state index contributed by atoms with van der Waals surface area (Å²) in [6, 6.07) is -0.467. The van der Waals surface area contributed by atoms with E-state index in [2.05, 4.69) is 35.7 Å². The molecule has 0 saturated carbocycles. The highest BCUT2D eigenvalue weighted by Crippen LogP contribution is 2.19. The van der Waals surface area contributed by atoms with Gasteiger partial charge in [0.15, 0.2) is 5.82 Å². The van der Waals surface area contributed by atoms with E-state index < -0.39 is 6.03 Å². The number of aromatic nitrogens is 2. The third-order valence-corrected chi connectivity index (χ3v) is 5.86. The second-order valence-corrected chi connectivity index (χ2v) is 9.06. The minimum absolute atomic E-state index is 0.173. The van der Waals surface area contributed by atoms with E-state index in [1.54, 1.807) is 12.3 Å². The third kappa shape index (κ3) is 9.95. The van der Waals surface area contributed by atoms with Gasteiger partial charge in [-0.2, -0.15) is 0 Å². The molecule has 1 fully saturated rings. The molecule has 11 heteroatoms. The Bertz CT molecular complexity index is 983. The molecule has 1 aliphatic heterocycles. The van der Waals surface area contributed by atoms with Gasteiger partial charge in [0.1, 0.15) is 5.76 Å². The van der Waals surface area contributed by atoms with Crippen molar-refractivity contribution in [2.45, 2.75) is 26.2 Å². The molecule has 0 unspecified atom stereocenters. The molecule has 2 aliphatic rings. The first-order valence-electron chi connectivity index (χ1n) is 12.8. The summed E-state index contributed by atoms with van der Waals surface area (Å²) < 4.78 is 11.4. The molecule has 1 aromatic rings. The first-order valence-corrected chi connectivity index (χ1v) is 12.8. The zero-order valence-corrected chi connectivity index (χ0v) is 22.1. The molecule has 0 bridgehead atoms. The van der Waals surface area contributed by atoms with Gasteiger partial charge >= 0.3 is 6.03 Å². The zero-order chi connectivity index (χ0) is 26.5. The van der Waals surface area contributed by atoms with Gasteiger partial charge in [-0.1, -0.05) is 19.1 Å². The molecule has 0 spiro atoms. The first kappa shape index (κ1) is 28.3. The highest BCUT2D eigenvalue weighted by atomic mass is 16.5. The van der Waals surface area contributed by atoms with Gasteiger partial charge in [0.25, 0.3) is 5.91 Å². The van der Waals surface area contributed by atoms with Gasteiger partial charge in [-0.05, 0) is 39.4 Å². The summed E-state index contributed by atoms with van der Waals surface area (Å²) in [5.41, 5.74) is 1.84. The Balaban J connectivity index is 1.61. The van der Waals surface area contributed by atoms with Gasteiger partial charge in [0.2, 0.25) is 0 Å². The van der Waals surface area contributed by atoms with Crippen LogP contribution < -0.4 is 16.0 Å². The van der Waals surface area contributed by atoms with E-state index in [1.165, 1.54) is 6.20 Å². The lowest BCUT2D eigenvalue weighted by molar-refractivity contribution is -0.117. The van der Waals surface area contributed by atoms with Crippen LogP contribution in [0.1, 0.15) is 25.5 Å². The molecule has 1 aliphatic carbocycles. The first-order chi connectivity index (χ1) is 17.9. The minimum Gasteiger partial charge on any atom is -0.491 e. The third-order valence-electron chi connectivity index (χ3n) is 5.86. The molecule has 3 N–H and O–H groups in total. The molecule has 202 valence electrons. The maximum atomic E-state index is 12.9. The fourth-order valence-electron chi connectivity index (χ4n) is 3.76. The van der Waals surface area contributed by atoms with E-state index in [9.17, 15) is 9.59 Å². The Morgan fingerprint density at radius 1 is 1.14 bits per heavy atom. The number of allylic oxidation sites excluding steroid dienone is 2. The maximum absolute atomic E-state index is 12.9. The number of nitrogens with one attached hydrogen (secondary N) is 3. The molecule has 0 aromatic carbocycles. The van der Waals surface area contributed by atoms with Crippen molar-refractivity contribution in [2.75, 3.05) is 72.0 Å². The number of urea groups is 1. The predicted molar refractivity (Wildman–Crippen MR) is 142 cm³/mol. The summed E-state index contributed by atoms with van der Waals surface area (Å²) in [5, 5.41) is 8.52. The van der Waals surface area contributed by atoms with E-state index in [4.69, 9.17) is 9.47 Å². The van der Waals surface area contributed by atoms with Crippen molar-refractivity contribution < 1.29 is 19.1 Å². The number of hydrogen-bond donors (Lipinski definition) is 3. The van der Waals surface area contributed by atoms with Crippen LogP contribution >= 0.6 is 0 Å². The monoisotopic (exact) mass is 513 g/mol. The number of anilines is 1. The zero-order valence-electron chi connectivity index (χ0n) is 22.1. The van der Waals surface area contributed by atoms with Gasteiger partial charge in [-0.15, -0.1) is 0 Å². The molecule has 11 nitrogen and oxygen atoms in total. The molecule has 0 atom stereocenters. The average Bonchev–Trinajstić information content (AvgIpc) is 3.09. The fraction of sp³-hybridized carbons (Fsp3) is 0.538. The largest absolute Gasteiger partial charge is 0.491 e. The van der Waals surface area contributed by atoms with Crippen molar-refractivity contribution in [1.82, 2.24) is 30.4 Å². The Hall–Kier alpha value is -3.28. The SMILES string of the molecule is CCc1cnc(NC(=O)NC2=CCC=C(C(=O)NCCN3CCOCC3)C=C2OCCCN(C)C)cn1. The summed E-state index contributed by atoms with van der Waals surface area (Å²) in [6.07, 6.45) is 10.5. The quantitative estimate of drug-likeness (QED) is 0.361. The summed E-state index contributed by atoms with van der Waals surface area (Å²) in [5.74, 6) is 0.612. The van der Waals surface area contributed by atoms with Crippen molar-refractivity contribution >= 4 is 17.8 Å². The number of amides is 3. The second kappa shape index (κ2) is 15.1. The molecular formula is C26H39N7O4. The van der Waals surface area contributed by atoms with E-state index in [-0.39, 0.29) is 5.91 Å². The number of nitrogens with zero attached hydrogens (tertiary/aromatic N) is 4. The summed E-state index contributed by atoms with van der Waals surface area (Å²) in [7, 11) is 4.00. The summed E-state index contributed by atoms with van der Waals surface area (Å²) in [4.78, 5) is 38.4. The highest BCUT2D eigenvalue weighted by Gasteiger charge is 2.18. The van der Waals surface area contributed by atoms with Crippen molar-refractivity contribution in [2.24, 2.45) is 0 Å². The van der Waals surface area contributed by atoms with Crippen LogP contribution in [0.2, 0.25) is 0 Å². The fourth-order valence-corrected chi connectivity index (χ4v) is 3.76. The van der Waals surface area contributed by atoms with E-state index in [0.29, 0.717) is 42.4 Å². The minimum atomic E-state index is -0.467. The van der Waals surface area contributed by atoms with Gasteiger partial charge in [0, 0.05) is 38.3 Å². The Morgan fingerprint density at radius 2 is 1.95 bits per heavy atom. The summed E-state index contributed by atoms with van der Waals surface area (Å²) in [6.45, 7) is 7.80. The summed E-state index contributed by atoms with van der Waals surface area (Å²) >= 11 is 0. The Morgan fingerprint density at radius 3 is 2.65 bits per heavy atom. The molecule has 1 aromatic heterocycles. The molecular weight excluding hydrogens is 474 g/mol. The van der Waals surface area contributed by atoms with Crippen LogP contribution in [0.4, 0.5) is 10.6 Å². The molecule has 1 saturated heterocycles. The maximum Gasteiger partial charge on any atom is 0.324 e. The topological polar surface area (TPSA) is 121 Å². The van der Waals surface area contributed by atoms with Gasteiger partial charge < -0.3 is 25.0 Å². The molecule has 2 heterocycles. The van der Waals surface area contributed by atoms with Crippen molar-refractivity contribution in [3.05, 3.63) is 53.3 Å². The Kier molecular flexibility index (Phi) is 11.5. The number of aryl methyl sites for hydroxylation is 1. The van der Waals surface area contributed by atoms with Gasteiger partial charge in [0.05, 0.1) is 43.6 Å².